The van der Waals surface area contributed by atoms with Gasteiger partial charge in [-0.2, -0.15) is 0 Å². The molecule has 0 unspecified atom stereocenters. The van der Waals surface area contributed by atoms with Gasteiger partial charge in [0, 0.05) is 22.9 Å². The summed E-state index contributed by atoms with van der Waals surface area (Å²) < 4.78 is 6.43. The van der Waals surface area contributed by atoms with E-state index in [1.807, 2.05) is 19.1 Å². The lowest BCUT2D eigenvalue weighted by Gasteiger charge is -2.28. The van der Waals surface area contributed by atoms with Crippen molar-refractivity contribution in [1.29, 1.82) is 0 Å². The van der Waals surface area contributed by atoms with Crippen LogP contribution in [0.25, 0.3) is 10.9 Å². The molecule has 0 amide bonds. The molecule has 3 nitrogen and oxygen atoms in total. The number of nitrogens with zero attached hydrogens (tertiary/aromatic N) is 2. The first-order valence-corrected chi connectivity index (χ1v) is 7.42. The molecule has 19 heavy (non-hydrogen) atoms. The molecule has 1 fully saturated rings. The second-order valence-electron chi connectivity index (χ2n) is 4.65. The third-order valence-electron chi connectivity index (χ3n) is 3.37. The molecule has 1 aliphatic rings. The van der Waals surface area contributed by atoms with Crippen molar-refractivity contribution in [1.82, 2.24) is 4.98 Å². The predicted octanol–water partition coefficient (Wildman–Crippen LogP) is 3.80. The highest BCUT2D eigenvalue weighted by Crippen LogP contribution is 2.33. The van der Waals surface area contributed by atoms with Crippen LogP contribution in [-0.4, -0.2) is 31.3 Å². The van der Waals surface area contributed by atoms with Crippen molar-refractivity contribution in [3.05, 3.63) is 33.3 Å². The highest BCUT2D eigenvalue weighted by Gasteiger charge is 2.15. The number of aryl methyl sites for hydroxylation is 1. The molecule has 0 saturated carbocycles. The number of anilines is 1. The van der Waals surface area contributed by atoms with Crippen LogP contribution in [0.15, 0.2) is 22.7 Å². The number of hydrogen-bond donors (Lipinski definition) is 0. The summed E-state index contributed by atoms with van der Waals surface area (Å²) in [5.74, 6) is 0.966. The highest BCUT2D eigenvalue weighted by molar-refractivity contribution is 9.10. The predicted molar refractivity (Wildman–Crippen MR) is 82.2 cm³/mol. The minimum absolute atomic E-state index is 0.700. The van der Waals surface area contributed by atoms with Crippen LogP contribution in [0.1, 0.15) is 5.56 Å². The standard InChI is InChI=1S/C14H14BrClN2O/c1-9-8-11(16)14-10(13(9)15)2-3-12(17-14)18-4-6-19-7-5-18/h2-3,8H,4-7H2,1H3. The second kappa shape index (κ2) is 5.27. The van der Waals surface area contributed by atoms with E-state index in [0.717, 1.165) is 53.1 Å². The number of benzene rings is 1. The summed E-state index contributed by atoms with van der Waals surface area (Å²) >= 11 is 9.92. The molecule has 1 aliphatic heterocycles. The molecular weight excluding hydrogens is 328 g/mol. The van der Waals surface area contributed by atoms with Gasteiger partial charge in [-0.05, 0) is 46.6 Å². The summed E-state index contributed by atoms with van der Waals surface area (Å²) in [6.07, 6.45) is 0. The third kappa shape index (κ3) is 2.45. The zero-order chi connectivity index (χ0) is 13.4. The van der Waals surface area contributed by atoms with E-state index in [0.29, 0.717) is 5.02 Å². The zero-order valence-electron chi connectivity index (χ0n) is 10.6. The number of hydrogen-bond acceptors (Lipinski definition) is 3. The van der Waals surface area contributed by atoms with Gasteiger partial charge in [-0.15, -0.1) is 0 Å². The molecule has 0 bridgehead atoms. The van der Waals surface area contributed by atoms with Crippen LogP contribution in [0.4, 0.5) is 5.82 Å². The van der Waals surface area contributed by atoms with Gasteiger partial charge >= 0.3 is 0 Å². The molecule has 1 saturated heterocycles. The quantitative estimate of drug-likeness (QED) is 0.789. The Morgan fingerprint density at radius 3 is 2.79 bits per heavy atom. The molecule has 1 aromatic heterocycles. The van der Waals surface area contributed by atoms with Crippen molar-refractivity contribution in [3.8, 4) is 0 Å². The first-order valence-electron chi connectivity index (χ1n) is 6.25. The van der Waals surface area contributed by atoms with E-state index in [1.165, 1.54) is 0 Å². The number of ether oxygens (including phenoxy) is 1. The van der Waals surface area contributed by atoms with Crippen molar-refractivity contribution < 1.29 is 4.74 Å². The topological polar surface area (TPSA) is 25.4 Å². The molecule has 0 aliphatic carbocycles. The summed E-state index contributed by atoms with van der Waals surface area (Å²) in [5, 5.41) is 1.76. The molecule has 5 heteroatoms. The van der Waals surface area contributed by atoms with Gasteiger partial charge in [0.25, 0.3) is 0 Å². The second-order valence-corrected chi connectivity index (χ2v) is 5.85. The van der Waals surface area contributed by atoms with Crippen molar-refractivity contribution >= 4 is 44.3 Å². The van der Waals surface area contributed by atoms with Gasteiger partial charge < -0.3 is 9.64 Å². The molecule has 1 aromatic carbocycles. The van der Waals surface area contributed by atoms with Crippen LogP contribution in [0.5, 0.6) is 0 Å². The maximum absolute atomic E-state index is 6.32. The summed E-state index contributed by atoms with van der Waals surface area (Å²) in [5.41, 5.74) is 1.97. The largest absolute Gasteiger partial charge is 0.378 e. The summed E-state index contributed by atoms with van der Waals surface area (Å²) in [4.78, 5) is 6.94. The average molecular weight is 342 g/mol. The number of fused-ring (bicyclic) bond motifs is 1. The molecule has 3 rings (SSSR count). The fraction of sp³-hybridized carbons (Fsp3) is 0.357. The van der Waals surface area contributed by atoms with Crippen molar-refractivity contribution in [2.24, 2.45) is 0 Å². The fourth-order valence-corrected chi connectivity index (χ4v) is 3.05. The Labute approximate surface area is 125 Å². The lowest BCUT2D eigenvalue weighted by atomic mass is 10.1. The summed E-state index contributed by atoms with van der Waals surface area (Å²) in [6.45, 7) is 5.30. The lowest BCUT2D eigenvalue weighted by molar-refractivity contribution is 0.122. The maximum atomic E-state index is 6.32. The molecule has 0 spiro atoms. The zero-order valence-corrected chi connectivity index (χ0v) is 13.0. The van der Waals surface area contributed by atoms with E-state index in [1.54, 1.807) is 0 Å². The minimum Gasteiger partial charge on any atom is -0.378 e. The van der Waals surface area contributed by atoms with Gasteiger partial charge in [-0.25, -0.2) is 4.98 Å². The van der Waals surface area contributed by atoms with E-state index < -0.39 is 0 Å². The van der Waals surface area contributed by atoms with Gasteiger partial charge in [0.05, 0.1) is 23.8 Å². The van der Waals surface area contributed by atoms with Gasteiger partial charge in [0.2, 0.25) is 0 Å². The minimum atomic E-state index is 0.700. The Morgan fingerprint density at radius 1 is 1.32 bits per heavy atom. The van der Waals surface area contributed by atoms with Crippen LogP contribution in [0.3, 0.4) is 0 Å². The van der Waals surface area contributed by atoms with E-state index in [4.69, 9.17) is 21.3 Å². The van der Waals surface area contributed by atoms with E-state index >= 15 is 0 Å². The smallest absolute Gasteiger partial charge is 0.129 e. The number of halogens is 2. The van der Waals surface area contributed by atoms with Crippen LogP contribution >= 0.6 is 27.5 Å². The molecule has 0 atom stereocenters. The SMILES string of the molecule is Cc1cc(Cl)c2nc(N3CCOCC3)ccc2c1Br. The van der Waals surface area contributed by atoms with E-state index in [2.05, 4.69) is 26.9 Å². The first kappa shape index (κ1) is 13.2. The van der Waals surface area contributed by atoms with Crippen molar-refractivity contribution in [3.63, 3.8) is 0 Å². The lowest BCUT2D eigenvalue weighted by Crippen LogP contribution is -2.36. The Balaban J connectivity index is 2.10. The fourth-order valence-electron chi connectivity index (χ4n) is 2.31. The molecule has 0 radical (unpaired) electrons. The molecule has 2 aromatic rings. The Kier molecular flexibility index (Phi) is 3.65. The van der Waals surface area contributed by atoms with Gasteiger partial charge in [0.1, 0.15) is 5.82 Å². The monoisotopic (exact) mass is 340 g/mol. The normalized spacial score (nSPS) is 16.1. The van der Waals surface area contributed by atoms with Gasteiger partial charge in [0.15, 0.2) is 0 Å². The number of rotatable bonds is 1. The first-order chi connectivity index (χ1) is 9.16. The Bertz CT molecular complexity index is 626. The van der Waals surface area contributed by atoms with E-state index in [9.17, 15) is 0 Å². The Morgan fingerprint density at radius 2 is 2.05 bits per heavy atom. The summed E-state index contributed by atoms with van der Waals surface area (Å²) in [7, 11) is 0. The molecule has 2 heterocycles. The van der Waals surface area contributed by atoms with Gasteiger partial charge in [-0.1, -0.05) is 11.6 Å². The van der Waals surface area contributed by atoms with Crippen LogP contribution in [0.2, 0.25) is 5.02 Å². The van der Waals surface area contributed by atoms with Crippen LogP contribution in [-0.2, 0) is 4.74 Å². The van der Waals surface area contributed by atoms with Gasteiger partial charge in [-0.3, -0.25) is 0 Å². The summed E-state index contributed by atoms with van der Waals surface area (Å²) in [6, 6.07) is 6.08. The molecular formula is C14H14BrClN2O. The van der Waals surface area contributed by atoms with Crippen molar-refractivity contribution in [2.45, 2.75) is 6.92 Å². The molecule has 100 valence electrons. The van der Waals surface area contributed by atoms with Crippen molar-refractivity contribution in [2.75, 3.05) is 31.2 Å². The maximum Gasteiger partial charge on any atom is 0.129 e. The van der Waals surface area contributed by atoms with E-state index in [-0.39, 0.29) is 0 Å². The molecule has 0 N–H and O–H groups in total. The van der Waals surface area contributed by atoms with Crippen LogP contribution < -0.4 is 4.90 Å². The third-order valence-corrected chi connectivity index (χ3v) is 4.71. The van der Waals surface area contributed by atoms with Crippen LogP contribution in [0, 0.1) is 6.92 Å². The Hall–Kier alpha value is -0.840. The highest BCUT2D eigenvalue weighted by atomic mass is 79.9. The number of morpholine rings is 1. The number of aromatic nitrogens is 1. The number of pyridine rings is 1. The average Bonchev–Trinajstić information content (AvgIpc) is 2.45.